The van der Waals surface area contributed by atoms with E-state index in [0.717, 1.165) is 45.7 Å². The molecule has 0 spiro atoms. The van der Waals surface area contributed by atoms with Crippen molar-refractivity contribution in [3.8, 4) is 0 Å². The second-order valence-corrected chi connectivity index (χ2v) is 3.95. The van der Waals surface area contributed by atoms with Crippen LogP contribution in [0.4, 0.5) is 0 Å². The third-order valence-electron chi connectivity index (χ3n) is 2.70. The normalized spacial score (nSPS) is 21.7. The summed E-state index contributed by atoms with van der Waals surface area (Å²) in [5.74, 6) is 0. The van der Waals surface area contributed by atoms with Gasteiger partial charge >= 0.3 is 0 Å². The van der Waals surface area contributed by atoms with Gasteiger partial charge in [0.25, 0.3) is 0 Å². The molecule has 0 aromatic rings. The summed E-state index contributed by atoms with van der Waals surface area (Å²) in [4.78, 5) is 0. The van der Waals surface area contributed by atoms with Gasteiger partial charge in [0.2, 0.25) is 0 Å². The van der Waals surface area contributed by atoms with Gasteiger partial charge in [-0.3, -0.25) is 0 Å². The lowest BCUT2D eigenvalue weighted by atomic mass is 9.92. The highest BCUT2D eigenvalue weighted by atomic mass is 16.5. The SMILES string of the molecule is CCNCCNC1(C)CCOCC1. The Bertz CT molecular complexity index is 133. The van der Waals surface area contributed by atoms with Crippen molar-refractivity contribution in [3.63, 3.8) is 0 Å². The summed E-state index contributed by atoms with van der Waals surface area (Å²) in [7, 11) is 0. The van der Waals surface area contributed by atoms with E-state index in [1.54, 1.807) is 0 Å². The summed E-state index contributed by atoms with van der Waals surface area (Å²) in [6.45, 7) is 9.42. The zero-order valence-corrected chi connectivity index (χ0v) is 8.86. The summed E-state index contributed by atoms with van der Waals surface area (Å²) in [6, 6.07) is 0. The van der Waals surface area contributed by atoms with Crippen molar-refractivity contribution >= 4 is 0 Å². The number of nitrogens with one attached hydrogen (secondary N) is 2. The lowest BCUT2D eigenvalue weighted by Crippen LogP contribution is -2.48. The Labute approximate surface area is 81.2 Å². The van der Waals surface area contributed by atoms with Crippen LogP contribution in [0.1, 0.15) is 26.7 Å². The molecule has 0 bridgehead atoms. The molecule has 3 nitrogen and oxygen atoms in total. The van der Waals surface area contributed by atoms with Gasteiger partial charge in [-0.15, -0.1) is 0 Å². The average molecular weight is 186 g/mol. The van der Waals surface area contributed by atoms with Crippen LogP contribution in [0.3, 0.4) is 0 Å². The van der Waals surface area contributed by atoms with E-state index < -0.39 is 0 Å². The second-order valence-electron chi connectivity index (χ2n) is 3.95. The van der Waals surface area contributed by atoms with Crippen LogP contribution in [0.2, 0.25) is 0 Å². The predicted molar refractivity (Wildman–Crippen MR) is 55.0 cm³/mol. The van der Waals surface area contributed by atoms with Gasteiger partial charge in [0.1, 0.15) is 0 Å². The molecule has 13 heavy (non-hydrogen) atoms. The average Bonchev–Trinajstić information content (AvgIpc) is 2.14. The molecular weight excluding hydrogens is 164 g/mol. The van der Waals surface area contributed by atoms with Crippen LogP contribution in [-0.4, -0.2) is 38.4 Å². The Morgan fingerprint density at radius 2 is 1.92 bits per heavy atom. The van der Waals surface area contributed by atoms with E-state index in [0.29, 0.717) is 5.54 Å². The zero-order chi connectivity index (χ0) is 9.57. The molecule has 0 atom stereocenters. The molecule has 78 valence electrons. The number of hydrogen-bond acceptors (Lipinski definition) is 3. The molecule has 0 amide bonds. The van der Waals surface area contributed by atoms with E-state index in [1.807, 2.05) is 0 Å². The smallest absolute Gasteiger partial charge is 0.0483 e. The molecular formula is C10H22N2O. The van der Waals surface area contributed by atoms with Gasteiger partial charge in [0, 0.05) is 31.8 Å². The quantitative estimate of drug-likeness (QED) is 0.622. The molecule has 1 heterocycles. The van der Waals surface area contributed by atoms with E-state index >= 15 is 0 Å². The monoisotopic (exact) mass is 186 g/mol. The molecule has 1 saturated heterocycles. The van der Waals surface area contributed by atoms with E-state index in [4.69, 9.17) is 4.74 Å². The highest BCUT2D eigenvalue weighted by Gasteiger charge is 2.25. The topological polar surface area (TPSA) is 33.3 Å². The highest BCUT2D eigenvalue weighted by Crippen LogP contribution is 2.18. The third-order valence-corrected chi connectivity index (χ3v) is 2.70. The minimum absolute atomic E-state index is 0.313. The minimum Gasteiger partial charge on any atom is -0.381 e. The van der Waals surface area contributed by atoms with Crippen LogP contribution in [0.25, 0.3) is 0 Å². The Kier molecular flexibility index (Phi) is 4.70. The Balaban J connectivity index is 2.10. The third kappa shape index (κ3) is 4.07. The van der Waals surface area contributed by atoms with Gasteiger partial charge in [-0.05, 0) is 26.3 Å². The number of hydrogen-bond donors (Lipinski definition) is 2. The van der Waals surface area contributed by atoms with Crippen molar-refractivity contribution in [2.24, 2.45) is 0 Å². The van der Waals surface area contributed by atoms with Crippen LogP contribution in [-0.2, 0) is 4.74 Å². The maximum atomic E-state index is 5.34. The van der Waals surface area contributed by atoms with Crippen LogP contribution >= 0.6 is 0 Å². The van der Waals surface area contributed by atoms with E-state index in [-0.39, 0.29) is 0 Å². The van der Waals surface area contributed by atoms with Gasteiger partial charge in [0.15, 0.2) is 0 Å². The molecule has 1 aliphatic rings. The van der Waals surface area contributed by atoms with E-state index in [9.17, 15) is 0 Å². The fraction of sp³-hybridized carbons (Fsp3) is 1.00. The Hall–Kier alpha value is -0.120. The van der Waals surface area contributed by atoms with E-state index in [1.165, 1.54) is 0 Å². The molecule has 2 N–H and O–H groups in total. The summed E-state index contributed by atoms with van der Waals surface area (Å²) < 4.78 is 5.34. The zero-order valence-electron chi connectivity index (χ0n) is 8.86. The summed E-state index contributed by atoms with van der Waals surface area (Å²) in [5.41, 5.74) is 0.313. The van der Waals surface area contributed by atoms with Crippen molar-refractivity contribution < 1.29 is 4.74 Å². The molecule has 3 heteroatoms. The molecule has 0 aromatic heterocycles. The van der Waals surface area contributed by atoms with Crippen LogP contribution < -0.4 is 10.6 Å². The lowest BCUT2D eigenvalue weighted by molar-refractivity contribution is 0.0456. The maximum Gasteiger partial charge on any atom is 0.0483 e. The van der Waals surface area contributed by atoms with Gasteiger partial charge in [-0.1, -0.05) is 6.92 Å². The first-order chi connectivity index (χ1) is 6.27. The minimum atomic E-state index is 0.313. The fourth-order valence-electron chi connectivity index (χ4n) is 1.63. The Morgan fingerprint density at radius 1 is 1.23 bits per heavy atom. The summed E-state index contributed by atoms with van der Waals surface area (Å²) in [6.07, 6.45) is 2.28. The molecule has 0 aliphatic carbocycles. The highest BCUT2D eigenvalue weighted by molar-refractivity contribution is 4.85. The second kappa shape index (κ2) is 5.58. The molecule has 0 unspecified atom stereocenters. The van der Waals surface area contributed by atoms with Gasteiger partial charge < -0.3 is 15.4 Å². The van der Waals surface area contributed by atoms with Gasteiger partial charge in [-0.25, -0.2) is 0 Å². The molecule has 0 saturated carbocycles. The van der Waals surface area contributed by atoms with Crippen molar-refractivity contribution in [2.45, 2.75) is 32.2 Å². The largest absolute Gasteiger partial charge is 0.381 e. The standard InChI is InChI=1S/C10H22N2O/c1-3-11-6-7-12-10(2)4-8-13-9-5-10/h11-12H,3-9H2,1-2H3. The van der Waals surface area contributed by atoms with Gasteiger partial charge in [-0.2, -0.15) is 0 Å². The first kappa shape index (κ1) is 11.0. The number of likely N-dealkylation sites (N-methyl/N-ethyl adjacent to an activating group) is 1. The van der Waals surface area contributed by atoms with Crippen molar-refractivity contribution in [3.05, 3.63) is 0 Å². The molecule has 1 aliphatic heterocycles. The summed E-state index contributed by atoms with van der Waals surface area (Å²) >= 11 is 0. The summed E-state index contributed by atoms with van der Waals surface area (Å²) in [5, 5.41) is 6.90. The first-order valence-corrected chi connectivity index (χ1v) is 5.30. The number of ether oxygens (including phenoxy) is 1. The van der Waals surface area contributed by atoms with Crippen molar-refractivity contribution in [2.75, 3.05) is 32.8 Å². The molecule has 1 rings (SSSR count). The van der Waals surface area contributed by atoms with Crippen molar-refractivity contribution in [1.29, 1.82) is 0 Å². The fourth-order valence-corrected chi connectivity index (χ4v) is 1.63. The Morgan fingerprint density at radius 3 is 2.54 bits per heavy atom. The van der Waals surface area contributed by atoms with Crippen LogP contribution in [0.5, 0.6) is 0 Å². The van der Waals surface area contributed by atoms with E-state index in [2.05, 4.69) is 24.5 Å². The van der Waals surface area contributed by atoms with Crippen LogP contribution in [0, 0.1) is 0 Å². The lowest BCUT2D eigenvalue weighted by Gasteiger charge is -2.34. The number of rotatable bonds is 5. The van der Waals surface area contributed by atoms with Crippen molar-refractivity contribution in [1.82, 2.24) is 10.6 Å². The van der Waals surface area contributed by atoms with Crippen LogP contribution in [0.15, 0.2) is 0 Å². The first-order valence-electron chi connectivity index (χ1n) is 5.30. The predicted octanol–water partition coefficient (Wildman–Crippen LogP) is 0.755. The maximum absolute atomic E-state index is 5.34. The molecule has 0 radical (unpaired) electrons. The molecule has 1 fully saturated rings. The molecule has 0 aromatic carbocycles. The van der Waals surface area contributed by atoms with Gasteiger partial charge in [0.05, 0.1) is 0 Å².